The van der Waals surface area contributed by atoms with Gasteiger partial charge in [-0.05, 0) is 26.7 Å². The Morgan fingerprint density at radius 3 is 2.75 bits per heavy atom. The van der Waals surface area contributed by atoms with Crippen LogP contribution in [0.2, 0.25) is 0 Å². The van der Waals surface area contributed by atoms with Gasteiger partial charge in [-0.1, -0.05) is 11.3 Å². The second kappa shape index (κ2) is 8.43. The minimum Gasteiger partial charge on any atom is -0.355 e. The fourth-order valence-electron chi connectivity index (χ4n) is 2.97. The van der Waals surface area contributed by atoms with Crippen LogP contribution < -0.4 is 15.9 Å². The summed E-state index contributed by atoms with van der Waals surface area (Å²) in [7, 11) is 0. The molecular weight excluding hydrogens is 328 g/mol. The molecule has 0 saturated carbocycles. The van der Waals surface area contributed by atoms with Crippen molar-refractivity contribution in [2.75, 3.05) is 26.2 Å². The van der Waals surface area contributed by atoms with Crippen LogP contribution in [-0.4, -0.2) is 47.5 Å². The van der Waals surface area contributed by atoms with Crippen molar-refractivity contribution in [3.63, 3.8) is 0 Å². The van der Waals surface area contributed by atoms with Crippen molar-refractivity contribution in [2.24, 2.45) is 11.7 Å². The molecule has 134 valence electrons. The zero-order valence-electron chi connectivity index (χ0n) is 14.3. The van der Waals surface area contributed by atoms with Gasteiger partial charge in [-0.2, -0.15) is 0 Å². The van der Waals surface area contributed by atoms with E-state index in [0.29, 0.717) is 32.7 Å². The number of rotatable bonds is 6. The molecule has 1 aromatic heterocycles. The van der Waals surface area contributed by atoms with Crippen molar-refractivity contribution in [3.05, 3.63) is 20.2 Å². The summed E-state index contributed by atoms with van der Waals surface area (Å²) in [5, 5.41) is 2.79. The number of hydrogen-bond donors (Lipinski definition) is 2. The number of nitrogens with one attached hydrogen (secondary N) is 1. The van der Waals surface area contributed by atoms with Gasteiger partial charge in [0.25, 0.3) is 0 Å². The maximum Gasteiger partial charge on any atom is 0.307 e. The van der Waals surface area contributed by atoms with Gasteiger partial charge in [0.1, 0.15) is 0 Å². The number of thiazole rings is 1. The van der Waals surface area contributed by atoms with Crippen molar-refractivity contribution >= 4 is 23.2 Å². The highest BCUT2D eigenvalue weighted by molar-refractivity contribution is 7.09. The molecule has 0 aliphatic carbocycles. The third kappa shape index (κ3) is 4.45. The number of amides is 2. The van der Waals surface area contributed by atoms with Gasteiger partial charge in [0.15, 0.2) is 0 Å². The summed E-state index contributed by atoms with van der Waals surface area (Å²) in [4.78, 5) is 39.1. The van der Waals surface area contributed by atoms with E-state index >= 15 is 0 Å². The first-order valence-corrected chi connectivity index (χ1v) is 9.18. The Labute approximate surface area is 145 Å². The predicted octanol–water partition coefficient (Wildman–Crippen LogP) is 0.230. The minimum absolute atomic E-state index is 0.00137. The van der Waals surface area contributed by atoms with Crippen LogP contribution in [0.4, 0.5) is 0 Å². The number of nitrogens with zero attached hydrogens (tertiary/aromatic N) is 2. The fourth-order valence-corrected chi connectivity index (χ4v) is 3.83. The molecule has 2 rings (SSSR count). The molecule has 1 aromatic rings. The minimum atomic E-state index is -0.165. The first-order chi connectivity index (χ1) is 11.4. The average Bonchev–Trinajstić information content (AvgIpc) is 2.82. The van der Waals surface area contributed by atoms with Gasteiger partial charge in [0.05, 0.1) is 5.92 Å². The third-order valence-corrected chi connectivity index (χ3v) is 5.51. The number of aromatic nitrogens is 1. The van der Waals surface area contributed by atoms with Crippen LogP contribution in [0.3, 0.4) is 0 Å². The Balaban J connectivity index is 1.90. The van der Waals surface area contributed by atoms with Crippen LogP contribution in [0.25, 0.3) is 0 Å². The van der Waals surface area contributed by atoms with E-state index in [0.717, 1.165) is 23.4 Å². The van der Waals surface area contributed by atoms with Gasteiger partial charge < -0.3 is 20.5 Å². The standard InChI is InChI=1S/C16H26N4O3S/c1-11-12(2)24-16(23)20(11)9-5-14(21)19-8-3-4-13(10-19)15(22)18-7-6-17/h13H,3-10,17H2,1-2H3,(H,18,22). The lowest BCUT2D eigenvalue weighted by molar-refractivity contribution is -0.135. The summed E-state index contributed by atoms with van der Waals surface area (Å²) >= 11 is 1.21. The van der Waals surface area contributed by atoms with Crippen LogP contribution >= 0.6 is 11.3 Å². The average molecular weight is 354 g/mol. The monoisotopic (exact) mass is 354 g/mol. The third-order valence-electron chi connectivity index (χ3n) is 4.51. The molecule has 7 nitrogen and oxygen atoms in total. The van der Waals surface area contributed by atoms with E-state index in [4.69, 9.17) is 5.73 Å². The number of carbonyl (C=O) groups is 2. The van der Waals surface area contributed by atoms with Crippen molar-refractivity contribution < 1.29 is 9.59 Å². The number of piperidine rings is 1. The van der Waals surface area contributed by atoms with Gasteiger partial charge in [0.2, 0.25) is 11.8 Å². The van der Waals surface area contributed by atoms with E-state index in [9.17, 15) is 14.4 Å². The molecule has 0 radical (unpaired) electrons. The molecule has 1 unspecified atom stereocenters. The van der Waals surface area contributed by atoms with Gasteiger partial charge >= 0.3 is 4.87 Å². The van der Waals surface area contributed by atoms with Gasteiger partial charge in [-0.3, -0.25) is 14.4 Å². The number of nitrogens with two attached hydrogens (primary N) is 1. The van der Waals surface area contributed by atoms with Crippen molar-refractivity contribution in [2.45, 2.75) is 39.7 Å². The molecular formula is C16H26N4O3S. The molecule has 8 heteroatoms. The highest BCUT2D eigenvalue weighted by Crippen LogP contribution is 2.18. The molecule has 0 spiro atoms. The normalized spacial score (nSPS) is 17.8. The summed E-state index contributed by atoms with van der Waals surface area (Å²) in [6.07, 6.45) is 1.90. The van der Waals surface area contributed by atoms with Gasteiger partial charge in [0, 0.05) is 49.7 Å². The highest BCUT2D eigenvalue weighted by atomic mass is 32.1. The Morgan fingerprint density at radius 1 is 1.38 bits per heavy atom. The molecule has 0 aromatic carbocycles. The van der Waals surface area contributed by atoms with E-state index in [1.807, 2.05) is 13.8 Å². The van der Waals surface area contributed by atoms with Crippen LogP contribution in [0.1, 0.15) is 29.8 Å². The maximum absolute atomic E-state index is 12.4. The van der Waals surface area contributed by atoms with Crippen molar-refractivity contribution in [1.29, 1.82) is 0 Å². The number of likely N-dealkylation sites (tertiary alicyclic amines) is 1. The van der Waals surface area contributed by atoms with E-state index in [1.165, 1.54) is 11.3 Å². The lowest BCUT2D eigenvalue weighted by Crippen LogP contribution is -2.46. The Bertz CT molecular complexity index is 652. The zero-order valence-corrected chi connectivity index (χ0v) is 15.2. The molecule has 24 heavy (non-hydrogen) atoms. The molecule has 0 bridgehead atoms. The second-order valence-electron chi connectivity index (χ2n) is 6.17. The topological polar surface area (TPSA) is 97.4 Å². The maximum atomic E-state index is 12.4. The number of hydrogen-bond acceptors (Lipinski definition) is 5. The lowest BCUT2D eigenvalue weighted by atomic mass is 9.97. The first-order valence-electron chi connectivity index (χ1n) is 8.36. The summed E-state index contributed by atoms with van der Waals surface area (Å²) in [6, 6.07) is 0. The molecule has 2 amide bonds. The molecule has 1 aliphatic rings. The molecule has 3 N–H and O–H groups in total. The lowest BCUT2D eigenvalue weighted by Gasteiger charge is -2.32. The van der Waals surface area contributed by atoms with E-state index in [-0.39, 0.29) is 29.0 Å². The summed E-state index contributed by atoms with van der Waals surface area (Å²) < 4.78 is 1.66. The predicted molar refractivity (Wildman–Crippen MR) is 94.0 cm³/mol. The van der Waals surface area contributed by atoms with Gasteiger partial charge in [-0.25, -0.2) is 0 Å². The fraction of sp³-hybridized carbons (Fsp3) is 0.688. The highest BCUT2D eigenvalue weighted by Gasteiger charge is 2.28. The van der Waals surface area contributed by atoms with E-state index in [1.54, 1.807) is 9.47 Å². The smallest absolute Gasteiger partial charge is 0.307 e. The van der Waals surface area contributed by atoms with Crippen LogP contribution in [0, 0.1) is 19.8 Å². The summed E-state index contributed by atoms with van der Waals surface area (Å²) in [5.41, 5.74) is 6.32. The molecule has 1 fully saturated rings. The van der Waals surface area contributed by atoms with Crippen LogP contribution in [0.5, 0.6) is 0 Å². The van der Waals surface area contributed by atoms with Crippen LogP contribution in [0.15, 0.2) is 4.79 Å². The Hall–Kier alpha value is -1.67. The largest absolute Gasteiger partial charge is 0.355 e. The molecule has 1 aliphatic heterocycles. The Kier molecular flexibility index (Phi) is 6.56. The summed E-state index contributed by atoms with van der Waals surface area (Å²) in [6.45, 7) is 6.21. The van der Waals surface area contributed by atoms with E-state index < -0.39 is 0 Å². The SMILES string of the molecule is Cc1sc(=O)n(CCC(=O)N2CCCC(C(=O)NCCN)C2)c1C. The molecule has 1 atom stereocenters. The number of aryl methyl sites for hydroxylation is 1. The van der Waals surface area contributed by atoms with Crippen molar-refractivity contribution in [1.82, 2.24) is 14.8 Å². The van der Waals surface area contributed by atoms with E-state index in [2.05, 4.69) is 5.32 Å². The summed E-state index contributed by atoms with van der Waals surface area (Å²) in [5.74, 6) is -0.193. The number of carbonyl (C=O) groups excluding carboxylic acids is 2. The molecule has 1 saturated heterocycles. The quantitative estimate of drug-likeness (QED) is 0.764. The first kappa shape index (κ1) is 18.7. The van der Waals surface area contributed by atoms with Crippen LogP contribution in [-0.2, 0) is 16.1 Å². The zero-order chi connectivity index (χ0) is 17.7. The van der Waals surface area contributed by atoms with Gasteiger partial charge in [-0.15, -0.1) is 0 Å². The second-order valence-corrected chi connectivity index (χ2v) is 7.34. The molecule has 2 heterocycles. The van der Waals surface area contributed by atoms with Crippen molar-refractivity contribution in [3.8, 4) is 0 Å². The Morgan fingerprint density at radius 2 is 2.12 bits per heavy atom.